The van der Waals surface area contributed by atoms with Gasteiger partial charge >= 0.3 is 12.5 Å². The van der Waals surface area contributed by atoms with Crippen molar-refractivity contribution in [2.75, 3.05) is 4.90 Å². The Balaban J connectivity index is 1.65. The topological polar surface area (TPSA) is 78.3 Å². The summed E-state index contributed by atoms with van der Waals surface area (Å²) < 4.78 is 80.6. The Labute approximate surface area is 219 Å². The van der Waals surface area contributed by atoms with Gasteiger partial charge in [-0.2, -0.15) is 18.4 Å². The zero-order valence-corrected chi connectivity index (χ0v) is 20.6. The minimum absolute atomic E-state index is 0.214. The van der Waals surface area contributed by atoms with Gasteiger partial charge in [0.25, 0.3) is 0 Å². The summed E-state index contributed by atoms with van der Waals surface area (Å²) in [6.07, 6.45) is -8.16. The van der Waals surface area contributed by atoms with Gasteiger partial charge in [0, 0.05) is 17.4 Å². The number of anilines is 1. The van der Waals surface area contributed by atoms with Crippen LogP contribution in [-0.2, 0) is 16.5 Å². The smallest absolute Gasteiger partial charge is 0.406 e. The minimum atomic E-state index is -4.88. The number of rotatable bonds is 6. The number of hydrogen-bond donors (Lipinski definition) is 1. The zero-order valence-electron chi connectivity index (χ0n) is 20.6. The number of amides is 1. The Morgan fingerprint density at radius 3 is 2.28 bits per heavy atom. The first-order valence-corrected chi connectivity index (χ1v) is 11.7. The van der Waals surface area contributed by atoms with Crippen LogP contribution in [-0.4, -0.2) is 23.3 Å². The third kappa shape index (κ3) is 6.31. The summed E-state index contributed by atoms with van der Waals surface area (Å²) in [4.78, 5) is 18.6. The number of aromatic nitrogens is 1. The molecule has 39 heavy (non-hydrogen) atoms. The van der Waals surface area contributed by atoms with Crippen LogP contribution in [0.25, 0.3) is 0 Å². The van der Waals surface area contributed by atoms with Crippen LogP contribution in [0.5, 0.6) is 5.75 Å². The van der Waals surface area contributed by atoms with Gasteiger partial charge in [0.05, 0.1) is 23.7 Å². The lowest BCUT2D eigenvalue weighted by Gasteiger charge is -2.30. The Hall–Kier alpha value is -4.11. The molecule has 2 aromatic carbocycles. The largest absolute Gasteiger partial charge is 0.573 e. The number of carbonyl (C=O) groups excluding carboxylic acids is 1. The fourth-order valence-electron chi connectivity index (χ4n) is 4.54. The van der Waals surface area contributed by atoms with Gasteiger partial charge < -0.3 is 9.64 Å². The minimum Gasteiger partial charge on any atom is -0.406 e. The van der Waals surface area contributed by atoms with Gasteiger partial charge in [0.1, 0.15) is 11.4 Å². The molecular formula is C27H22F6N4O2. The van der Waals surface area contributed by atoms with Crippen LogP contribution in [0, 0.1) is 11.3 Å². The molecule has 1 fully saturated rings. The second kappa shape index (κ2) is 10.2. The first-order chi connectivity index (χ1) is 18.2. The standard InChI is InChI=1S/C27H22F6N4O2/c1-25(2,18-6-11-23(35-15-18)26(28,29)30)36-21-13-22(17-5-3-4-16(12-17)14-34)37(24(21)38)19-7-9-20(10-8-19)39-27(31,32)33/h3-12,15,21-22,36H,13H2,1-2H3/t21-,22-/m1/s1. The van der Waals surface area contributed by atoms with Crippen molar-refractivity contribution in [3.05, 3.63) is 89.2 Å². The maximum Gasteiger partial charge on any atom is 0.573 e. The molecule has 1 aliphatic heterocycles. The molecule has 0 unspecified atom stereocenters. The molecule has 2 heterocycles. The third-order valence-corrected chi connectivity index (χ3v) is 6.37. The van der Waals surface area contributed by atoms with E-state index in [1.165, 1.54) is 23.1 Å². The van der Waals surface area contributed by atoms with Gasteiger partial charge in [-0.25, -0.2) is 0 Å². The summed E-state index contributed by atoms with van der Waals surface area (Å²) in [5.74, 6) is -0.855. The number of carbonyl (C=O) groups is 1. The molecule has 1 saturated heterocycles. The molecule has 0 radical (unpaired) electrons. The second-order valence-corrected chi connectivity index (χ2v) is 9.49. The molecule has 0 aliphatic carbocycles. The number of nitrogens with zero attached hydrogens (tertiary/aromatic N) is 3. The maximum atomic E-state index is 13.7. The number of benzene rings is 2. The Morgan fingerprint density at radius 2 is 1.72 bits per heavy atom. The monoisotopic (exact) mass is 548 g/mol. The van der Waals surface area contributed by atoms with Crippen molar-refractivity contribution in [3.8, 4) is 11.8 Å². The number of hydrogen-bond acceptors (Lipinski definition) is 5. The van der Waals surface area contributed by atoms with Crippen LogP contribution < -0.4 is 15.0 Å². The van der Waals surface area contributed by atoms with Crippen LogP contribution in [0.1, 0.15) is 48.7 Å². The summed E-state index contributed by atoms with van der Waals surface area (Å²) in [6, 6.07) is 14.3. The molecule has 3 aromatic rings. The molecule has 2 atom stereocenters. The van der Waals surface area contributed by atoms with Crippen LogP contribution >= 0.6 is 0 Å². The zero-order chi connectivity index (χ0) is 28.6. The predicted molar refractivity (Wildman–Crippen MR) is 128 cm³/mol. The SMILES string of the molecule is CC(C)(N[C@@H]1C[C@H](c2cccc(C#N)c2)N(c2ccc(OC(F)(F)F)cc2)C1=O)c1ccc(C(F)(F)F)nc1. The molecule has 1 aromatic heterocycles. The van der Waals surface area contributed by atoms with Crippen molar-refractivity contribution < 1.29 is 35.9 Å². The average molecular weight is 548 g/mol. The van der Waals surface area contributed by atoms with E-state index in [9.17, 15) is 36.4 Å². The number of nitrogens with one attached hydrogen (secondary N) is 1. The molecule has 204 valence electrons. The summed E-state index contributed by atoms with van der Waals surface area (Å²) >= 11 is 0. The third-order valence-electron chi connectivity index (χ3n) is 6.37. The molecule has 6 nitrogen and oxygen atoms in total. The van der Waals surface area contributed by atoms with Crippen molar-refractivity contribution in [1.29, 1.82) is 5.26 Å². The van der Waals surface area contributed by atoms with E-state index in [2.05, 4.69) is 15.0 Å². The van der Waals surface area contributed by atoms with E-state index in [0.29, 0.717) is 22.4 Å². The molecule has 0 bridgehead atoms. The second-order valence-electron chi connectivity index (χ2n) is 9.49. The summed E-state index contributed by atoms with van der Waals surface area (Å²) in [5, 5.41) is 12.5. The van der Waals surface area contributed by atoms with Gasteiger partial charge in [-0.05, 0) is 73.9 Å². The Bertz CT molecular complexity index is 1380. The first-order valence-electron chi connectivity index (χ1n) is 11.7. The number of halogens is 6. The highest BCUT2D eigenvalue weighted by molar-refractivity contribution is 6.00. The lowest BCUT2D eigenvalue weighted by Crippen LogP contribution is -2.47. The van der Waals surface area contributed by atoms with Gasteiger partial charge in [0.15, 0.2) is 0 Å². The molecule has 1 aliphatic rings. The highest BCUT2D eigenvalue weighted by Gasteiger charge is 2.44. The quantitative estimate of drug-likeness (QED) is 0.369. The van der Waals surface area contributed by atoms with Crippen molar-refractivity contribution in [1.82, 2.24) is 10.3 Å². The van der Waals surface area contributed by atoms with E-state index in [-0.39, 0.29) is 6.42 Å². The number of pyridine rings is 1. The van der Waals surface area contributed by atoms with Crippen LogP contribution in [0.15, 0.2) is 66.9 Å². The summed E-state index contributed by atoms with van der Waals surface area (Å²) in [6.45, 7) is 3.39. The van der Waals surface area contributed by atoms with Gasteiger partial charge in [-0.1, -0.05) is 18.2 Å². The molecular weight excluding hydrogens is 526 g/mol. The summed E-state index contributed by atoms with van der Waals surface area (Å²) in [5.41, 5.74) is -0.298. The fourth-order valence-corrected chi connectivity index (χ4v) is 4.54. The van der Waals surface area contributed by atoms with Crippen LogP contribution in [0.3, 0.4) is 0 Å². The van der Waals surface area contributed by atoms with E-state index in [4.69, 9.17) is 0 Å². The average Bonchev–Trinajstić information content (AvgIpc) is 3.18. The van der Waals surface area contributed by atoms with Crippen molar-refractivity contribution in [3.63, 3.8) is 0 Å². The van der Waals surface area contributed by atoms with Crippen molar-refractivity contribution in [2.45, 2.75) is 50.4 Å². The number of alkyl halides is 6. The van der Waals surface area contributed by atoms with Crippen LogP contribution in [0.2, 0.25) is 0 Å². The Kier molecular flexibility index (Phi) is 7.32. The normalized spacial score (nSPS) is 18.2. The highest BCUT2D eigenvalue weighted by Crippen LogP contribution is 2.40. The van der Waals surface area contributed by atoms with Crippen molar-refractivity contribution in [2.24, 2.45) is 0 Å². The number of ether oxygens (including phenoxy) is 1. The summed E-state index contributed by atoms with van der Waals surface area (Å²) in [7, 11) is 0. The van der Waals surface area contributed by atoms with E-state index in [0.717, 1.165) is 24.4 Å². The van der Waals surface area contributed by atoms with E-state index < -0.39 is 47.5 Å². The molecule has 12 heteroatoms. The van der Waals surface area contributed by atoms with Gasteiger partial charge in [-0.3, -0.25) is 15.1 Å². The molecule has 4 rings (SSSR count). The van der Waals surface area contributed by atoms with E-state index in [1.807, 2.05) is 6.07 Å². The van der Waals surface area contributed by atoms with E-state index >= 15 is 0 Å². The lowest BCUT2D eigenvalue weighted by atomic mass is 9.93. The fraction of sp³-hybridized carbons (Fsp3) is 0.296. The molecule has 0 saturated carbocycles. The van der Waals surface area contributed by atoms with E-state index in [1.54, 1.807) is 38.1 Å². The maximum absolute atomic E-state index is 13.7. The van der Waals surface area contributed by atoms with Gasteiger partial charge in [0.2, 0.25) is 5.91 Å². The molecule has 0 spiro atoms. The van der Waals surface area contributed by atoms with Gasteiger partial charge in [-0.15, -0.1) is 13.2 Å². The Morgan fingerprint density at radius 1 is 1.03 bits per heavy atom. The molecule has 1 amide bonds. The predicted octanol–water partition coefficient (Wildman–Crippen LogP) is 6.24. The number of nitriles is 1. The van der Waals surface area contributed by atoms with Crippen LogP contribution in [0.4, 0.5) is 32.0 Å². The molecule has 1 N–H and O–H groups in total. The highest BCUT2D eigenvalue weighted by atomic mass is 19.4. The first kappa shape index (κ1) is 27.9. The lowest BCUT2D eigenvalue weighted by molar-refractivity contribution is -0.274. The van der Waals surface area contributed by atoms with Crippen molar-refractivity contribution >= 4 is 11.6 Å².